The highest BCUT2D eigenvalue weighted by Crippen LogP contribution is 2.29. The Hall–Kier alpha value is -2.28. The Morgan fingerprint density at radius 2 is 2.05 bits per heavy atom. The number of aliphatic hydroxyl groups excluding tert-OH is 1. The summed E-state index contributed by atoms with van der Waals surface area (Å²) in [5, 5.41) is 20.1. The smallest absolute Gasteiger partial charge is 0.162 e. The predicted octanol–water partition coefficient (Wildman–Crippen LogP) is 1.29. The average Bonchev–Trinajstić information content (AvgIpc) is 2.98. The third-order valence-corrected chi connectivity index (χ3v) is 2.99. The Kier molecular flexibility index (Phi) is 5.39. The number of nitrogens with one attached hydrogen (secondary N) is 1. The van der Waals surface area contributed by atoms with E-state index in [0.717, 1.165) is 11.4 Å². The van der Waals surface area contributed by atoms with Crippen molar-refractivity contribution in [3.63, 3.8) is 0 Å². The van der Waals surface area contributed by atoms with E-state index in [1.807, 2.05) is 24.4 Å². The molecule has 7 heteroatoms. The van der Waals surface area contributed by atoms with Gasteiger partial charge >= 0.3 is 0 Å². The van der Waals surface area contributed by atoms with E-state index >= 15 is 0 Å². The van der Waals surface area contributed by atoms with Crippen LogP contribution in [0.5, 0.6) is 11.5 Å². The minimum Gasteiger partial charge on any atom is -0.493 e. The third-order valence-electron chi connectivity index (χ3n) is 2.99. The Labute approximate surface area is 123 Å². The molecule has 0 radical (unpaired) electrons. The second kappa shape index (κ2) is 7.49. The van der Waals surface area contributed by atoms with E-state index in [0.29, 0.717) is 31.0 Å². The molecular weight excluding hydrogens is 272 g/mol. The molecule has 1 aromatic carbocycles. The van der Waals surface area contributed by atoms with Gasteiger partial charge in [-0.25, -0.2) is 0 Å². The topological polar surface area (TPSA) is 81.4 Å². The van der Waals surface area contributed by atoms with Crippen molar-refractivity contribution < 1.29 is 14.6 Å². The van der Waals surface area contributed by atoms with Crippen LogP contribution in [-0.4, -0.2) is 40.9 Å². The largest absolute Gasteiger partial charge is 0.493 e. The summed E-state index contributed by atoms with van der Waals surface area (Å²) in [7, 11) is 3.21. The first-order valence-corrected chi connectivity index (χ1v) is 6.72. The van der Waals surface area contributed by atoms with Crippen LogP contribution in [0.4, 0.5) is 5.69 Å². The number of methoxy groups -OCH3 is 2. The summed E-state index contributed by atoms with van der Waals surface area (Å²) in [6.45, 7) is 1.38. The molecule has 2 aromatic rings. The van der Waals surface area contributed by atoms with Gasteiger partial charge in [-0.15, -0.1) is 5.10 Å². The number of aliphatic hydroxyl groups is 1. The molecule has 2 rings (SSSR count). The lowest BCUT2D eigenvalue weighted by atomic mass is 10.2. The number of aryl methyl sites for hydroxylation is 1. The Morgan fingerprint density at radius 3 is 2.76 bits per heavy atom. The van der Waals surface area contributed by atoms with Gasteiger partial charge in [0.1, 0.15) is 5.69 Å². The van der Waals surface area contributed by atoms with E-state index in [1.165, 1.54) is 0 Å². The van der Waals surface area contributed by atoms with Gasteiger partial charge in [-0.1, -0.05) is 5.21 Å². The van der Waals surface area contributed by atoms with Crippen molar-refractivity contribution in [2.45, 2.75) is 19.5 Å². The summed E-state index contributed by atoms with van der Waals surface area (Å²) < 4.78 is 12.2. The quantitative estimate of drug-likeness (QED) is 0.763. The first kappa shape index (κ1) is 15.1. The van der Waals surface area contributed by atoms with Crippen LogP contribution < -0.4 is 14.8 Å². The molecule has 21 heavy (non-hydrogen) atoms. The third kappa shape index (κ3) is 4.09. The highest BCUT2D eigenvalue weighted by molar-refractivity contribution is 5.54. The molecule has 7 nitrogen and oxygen atoms in total. The van der Waals surface area contributed by atoms with Crippen LogP contribution >= 0.6 is 0 Å². The van der Waals surface area contributed by atoms with Crippen molar-refractivity contribution in [1.82, 2.24) is 15.0 Å². The van der Waals surface area contributed by atoms with Crippen molar-refractivity contribution in [3.05, 3.63) is 30.1 Å². The summed E-state index contributed by atoms with van der Waals surface area (Å²) in [6.07, 6.45) is 2.54. The highest BCUT2D eigenvalue weighted by Gasteiger charge is 2.05. The number of rotatable bonds is 8. The molecule has 0 bridgehead atoms. The first-order valence-electron chi connectivity index (χ1n) is 6.72. The van der Waals surface area contributed by atoms with Crippen LogP contribution in [0.15, 0.2) is 24.4 Å². The second-order valence-corrected chi connectivity index (χ2v) is 4.47. The Morgan fingerprint density at radius 1 is 1.24 bits per heavy atom. The molecule has 114 valence electrons. The van der Waals surface area contributed by atoms with Crippen LogP contribution in [0.25, 0.3) is 0 Å². The SMILES string of the molecule is COc1ccc(NCc2cn(CCCO)nn2)cc1OC. The van der Waals surface area contributed by atoms with Crippen LogP contribution in [-0.2, 0) is 13.1 Å². The second-order valence-electron chi connectivity index (χ2n) is 4.47. The fourth-order valence-corrected chi connectivity index (χ4v) is 1.90. The van der Waals surface area contributed by atoms with Gasteiger partial charge in [-0.3, -0.25) is 4.68 Å². The molecule has 0 fully saturated rings. The van der Waals surface area contributed by atoms with Gasteiger partial charge in [0.25, 0.3) is 0 Å². The van der Waals surface area contributed by atoms with Crippen LogP contribution in [0, 0.1) is 0 Å². The first-order chi connectivity index (χ1) is 10.3. The number of nitrogens with zero attached hydrogens (tertiary/aromatic N) is 3. The molecule has 0 unspecified atom stereocenters. The van der Waals surface area contributed by atoms with Gasteiger partial charge < -0.3 is 19.9 Å². The van der Waals surface area contributed by atoms with Gasteiger partial charge in [0.2, 0.25) is 0 Å². The number of anilines is 1. The van der Waals surface area contributed by atoms with Crippen LogP contribution in [0.3, 0.4) is 0 Å². The van der Waals surface area contributed by atoms with Crippen LogP contribution in [0.2, 0.25) is 0 Å². The molecule has 1 aromatic heterocycles. The number of hydrogen-bond donors (Lipinski definition) is 2. The van der Waals surface area contributed by atoms with Gasteiger partial charge in [0.05, 0.1) is 27.0 Å². The van der Waals surface area contributed by atoms with E-state index in [-0.39, 0.29) is 6.61 Å². The van der Waals surface area contributed by atoms with Crippen molar-refractivity contribution in [2.75, 3.05) is 26.1 Å². The van der Waals surface area contributed by atoms with E-state index in [1.54, 1.807) is 18.9 Å². The predicted molar refractivity (Wildman–Crippen MR) is 78.6 cm³/mol. The minimum atomic E-state index is 0.152. The molecule has 0 aliphatic heterocycles. The lowest BCUT2D eigenvalue weighted by Gasteiger charge is -2.10. The summed E-state index contributed by atoms with van der Waals surface area (Å²) in [4.78, 5) is 0. The summed E-state index contributed by atoms with van der Waals surface area (Å²) >= 11 is 0. The number of aromatic nitrogens is 3. The van der Waals surface area contributed by atoms with Crippen molar-refractivity contribution in [2.24, 2.45) is 0 Å². The lowest BCUT2D eigenvalue weighted by Crippen LogP contribution is -2.01. The summed E-state index contributed by atoms with van der Waals surface area (Å²) in [5.41, 5.74) is 1.75. The number of hydrogen-bond acceptors (Lipinski definition) is 6. The van der Waals surface area contributed by atoms with E-state index in [9.17, 15) is 0 Å². The molecule has 0 saturated heterocycles. The van der Waals surface area contributed by atoms with E-state index < -0.39 is 0 Å². The average molecular weight is 292 g/mol. The van der Waals surface area contributed by atoms with Crippen molar-refractivity contribution in [3.8, 4) is 11.5 Å². The maximum absolute atomic E-state index is 8.78. The fourth-order valence-electron chi connectivity index (χ4n) is 1.90. The van der Waals surface area contributed by atoms with E-state index in [2.05, 4.69) is 15.6 Å². The molecule has 1 heterocycles. The molecule has 0 saturated carbocycles. The maximum Gasteiger partial charge on any atom is 0.162 e. The molecule has 0 atom stereocenters. The number of ether oxygens (including phenoxy) is 2. The zero-order valence-electron chi connectivity index (χ0n) is 12.2. The van der Waals surface area contributed by atoms with Gasteiger partial charge in [0.15, 0.2) is 11.5 Å². The van der Waals surface area contributed by atoms with Gasteiger partial charge in [0, 0.05) is 24.9 Å². The summed E-state index contributed by atoms with van der Waals surface area (Å²) in [6, 6.07) is 5.63. The van der Waals surface area contributed by atoms with E-state index in [4.69, 9.17) is 14.6 Å². The lowest BCUT2D eigenvalue weighted by molar-refractivity contribution is 0.276. The molecule has 0 spiro atoms. The molecule has 2 N–H and O–H groups in total. The maximum atomic E-state index is 8.78. The van der Waals surface area contributed by atoms with Crippen molar-refractivity contribution >= 4 is 5.69 Å². The normalized spacial score (nSPS) is 10.4. The molecular formula is C14H20N4O3. The number of benzene rings is 1. The highest BCUT2D eigenvalue weighted by atomic mass is 16.5. The summed E-state index contributed by atoms with van der Waals surface area (Å²) in [5.74, 6) is 1.37. The van der Waals surface area contributed by atoms with Gasteiger partial charge in [-0.05, 0) is 18.6 Å². The standard InChI is InChI=1S/C14H20N4O3/c1-20-13-5-4-11(8-14(13)21-2)15-9-12-10-18(17-16-12)6-3-7-19/h4-5,8,10,15,19H,3,6-7,9H2,1-2H3. The molecule has 0 aliphatic rings. The molecule has 0 amide bonds. The van der Waals surface area contributed by atoms with Crippen molar-refractivity contribution in [1.29, 1.82) is 0 Å². The Bertz CT molecular complexity index is 571. The molecule has 0 aliphatic carbocycles. The Balaban J connectivity index is 1.94. The minimum absolute atomic E-state index is 0.152. The van der Waals surface area contributed by atoms with Gasteiger partial charge in [-0.2, -0.15) is 0 Å². The van der Waals surface area contributed by atoms with Crippen LogP contribution in [0.1, 0.15) is 12.1 Å². The zero-order valence-corrected chi connectivity index (χ0v) is 12.2. The fraction of sp³-hybridized carbons (Fsp3) is 0.429. The monoisotopic (exact) mass is 292 g/mol. The zero-order chi connectivity index (χ0) is 15.1.